The van der Waals surface area contributed by atoms with Gasteiger partial charge in [0.15, 0.2) is 0 Å². The molecule has 18 heavy (non-hydrogen) atoms. The van der Waals surface area contributed by atoms with E-state index in [4.69, 9.17) is 0 Å². The van der Waals surface area contributed by atoms with Crippen LogP contribution in [0.4, 0.5) is 0 Å². The van der Waals surface area contributed by atoms with E-state index in [1.807, 2.05) is 25.1 Å². The van der Waals surface area contributed by atoms with Gasteiger partial charge in [-0.15, -0.1) is 11.3 Å². The van der Waals surface area contributed by atoms with Gasteiger partial charge in [0.05, 0.1) is 22.8 Å². The molecule has 4 nitrogen and oxygen atoms in total. The summed E-state index contributed by atoms with van der Waals surface area (Å²) in [7, 11) is 3.51. The van der Waals surface area contributed by atoms with E-state index in [0.29, 0.717) is 6.54 Å². The number of aromatic nitrogens is 1. The van der Waals surface area contributed by atoms with E-state index in [0.717, 1.165) is 10.5 Å². The predicted molar refractivity (Wildman–Crippen MR) is 74.7 cm³/mol. The molecule has 1 unspecified atom stereocenters. The smallest absolute Gasteiger partial charge is 0.236 e. The lowest BCUT2D eigenvalue weighted by atomic mass is 10.3. The van der Waals surface area contributed by atoms with Crippen LogP contribution in [0.1, 0.15) is 18.0 Å². The minimum Gasteiger partial charge on any atom is -0.348 e. The number of rotatable bonds is 4. The molecule has 5 heteroatoms. The van der Waals surface area contributed by atoms with Gasteiger partial charge in [-0.25, -0.2) is 4.98 Å². The molecule has 0 aliphatic heterocycles. The van der Waals surface area contributed by atoms with Crippen molar-refractivity contribution in [2.45, 2.75) is 13.0 Å². The zero-order valence-corrected chi connectivity index (χ0v) is 11.6. The molecular formula is C13H17N3OS. The fraction of sp³-hybridized carbons (Fsp3) is 0.385. The van der Waals surface area contributed by atoms with E-state index < -0.39 is 0 Å². The van der Waals surface area contributed by atoms with Crippen LogP contribution in [0.25, 0.3) is 10.2 Å². The van der Waals surface area contributed by atoms with Crippen LogP contribution in [-0.4, -0.2) is 36.4 Å². The molecule has 0 radical (unpaired) electrons. The second kappa shape index (κ2) is 5.46. The summed E-state index contributed by atoms with van der Waals surface area (Å²) < 4.78 is 1.18. The van der Waals surface area contributed by atoms with E-state index in [-0.39, 0.29) is 11.9 Å². The van der Waals surface area contributed by atoms with Crippen molar-refractivity contribution in [1.29, 1.82) is 0 Å². The van der Waals surface area contributed by atoms with Crippen LogP contribution in [-0.2, 0) is 4.79 Å². The number of carbonyl (C=O) groups excluding carboxylic acids is 1. The molecule has 2 aromatic rings. The summed E-state index contributed by atoms with van der Waals surface area (Å²) in [5, 5.41) is 4.21. The van der Waals surface area contributed by atoms with Gasteiger partial charge in [-0.3, -0.25) is 10.1 Å². The minimum atomic E-state index is 0.0722. The molecule has 1 aromatic heterocycles. The summed E-state index contributed by atoms with van der Waals surface area (Å²) in [5.41, 5.74) is 1.02. The van der Waals surface area contributed by atoms with Gasteiger partial charge in [0.1, 0.15) is 5.01 Å². The van der Waals surface area contributed by atoms with Gasteiger partial charge < -0.3 is 4.90 Å². The number of fused-ring (bicyclic) bond motifs is 1. The standard InChI is InChI=1S/C13H17N3OS/c1-9(14-8-12(17)16(2)3)13-15-10-6-4-5-7-11(10)18-13/h4-7,9,14H,8H2,1-3H3. The normalized spacial score (nSPS) is 12.6. The van der Waals surface area contributed by atoms with Crippen molar-refractivity contribution in [3.05, 3.63) is 29.3 Å². The Morgan fingerprint density at radius 1 is 1.44 bits per heavy atom. The van der Waals surface area contributed by atoms with Crippen LogP contribution in [0, 0.1) is 0 Å². The fourth-order valence-electron chi connectivity index (χ4n) is 1.56. The predicted octanol–water partition coefficient (Wildman–Crippen LogP) is 2.04. The minimum absolute atomic E-state index is 0.0722. The van der Waals surface area contributed by atoms with Crippen molar-refractivity contribution in [3.63, 3.8) is 0 Å². The Hall–Kier alpha value is -1.46. The monoisotopic (exact) mass is 263 g/mol. The van der Waals surface area contributed by atoms with Crippen molar-refractivity contribution < 1.29 is 4.79 Å². The van der Waals surface area contributed by atoms with E-state index in [1.165, 1.54) is 4.70 Å². The Morgan fingerprint density at radius 3 is 2.83 bits per heavy atom. The summed E-state index contributed by atoms with van der Waals surface area (Å²) in [6, 6.07) is 8.16. The zero-order chi connectivity index (χ0) is 13.1. The van der Waals surface area contributed by atoms with Crippen LogP contribution >= 0.6 is 11.3 Å². The first-order valence-electron chi connectivity index (χ1n) is 5.87. The Bertz CT molecular complexity index is 517. The van der Waals surface area contributed by atoms with Crippen molar-refractivity contribution in [2.75, 3.05) is 20.6 Å². The molecule has 0 saturated carbocycles. The molecule has 0 fully saturated rings. The molecule has 0 spiro atoms. The number of carbonyl (C=O) groups is 1. The van der Waals surface area contributed by atoms with Crippen LogP contribution in [0.5, 0.6) is 0 Å². The summed E-state index contributed by atoms with van der Waals surface area (Å²) >= 11 is 1.67. The lowest BCUT2D eigenvalue weighted by Gasteiger charge is -2.14. The maximum Gasteiger partial charge on any atom is 0.236 e. The summed E-state index contributed by atoms with van der Waals surface area (Å²) in [6.45, 7) is 2.37. The Labute approximate surface area is 111 Å². The van der Waals surface area contributed by atoms with Gasteiger partial charge in [0.25, 0.3) is 0 Å². The maximum absolute atomic E-state index is 11.5. The Morgan fingerprint density at radius 2 is 2.17 bits per heavy atom. The molecule has 2 rings (SSSR count). The third kappa shape index (κ3) is 2.86. The fourth-order valence-corrected chi connectivity index (χ4v) is 2.56. The first kappa shape index (κ1) is 13.0. The highest BCUT2D eigenvalue weighted by atomic mass is 32.1. The molecule has 1 atom stereocenters. The van der Waals surface area contributed by atoms with Gasteiger partial charge in [-0.2, -0.15) is 0 Å². The number of nitrogens with zero attached hydrogens (tertiary/aromatic N) is 2. The highest BCUT2D eigenvalue weighted by Gasteiger charge is 2.12. The highest BCUT2D eigenvalue weighted by Crippen LogP contribution is 2.25. The molecule has 0 aliphatic carbocycles. The molecule has 1 heterocycles. The lowest BCUT2D eigenvalue weighted by molar-refractivity contribution is -0.127. The molecule has 0 aliphatic rings. The zero-order valence-electron chi connectivity index (χ0n) is 10.8. The molecule has 1 amide bonds. The number of benzene rings is 1. The molecule has 96 valence electrons. The average molecular weight is 263 g/mol. The Kier molecular flexibility index (Phi) is 3.93. The summed E-state index contributed by atoms with van der Waals surface area (Å²) in [4.78, 5) is 17.6. The van der Waals surface area contributed by atoms with Gasteiger partial charge in [-0.1, -0.05) is 12.1 Å². The van der Waals surface area contributed by atoms with Crippen LogP contribution in [0.3, 0.4) is 0 Å². The molecule has 1 N–H and O–H groups in total. The summed E-state index contributed by atoms with van der Waals surface area (Å²) in [5.74, 6) is 0.0722. The largest absolute Gasteiger partial charge is 0.348 e. The second-order valence-corrected chi connectivity index (χ2v) is 5.47. The van der Waals surface area contributed by atoms with Crippen molar-refractivity contribution in [1.82, 2.24) is 15.2 Å². The van der Waals surface area contributed by atoms with E-state index in [9.17, 15) is 4.79 Å². The number of hydrogen-bond donors (Lipinski definition) is 1. The number of amides is 1. The quantitative estimate of drug-likeness (QED) is 0.918. The molecule has 0 bridgehead atoms. The van der Waals surface area contributed by atoms with Crippen LogP contribution < -0.4 is 5.32 Å². The lowest BCUT2D eigenvalue weighted by Crippen LogP contribution is -2.34. The van der Waals surface area contributed by atoms with Crippen molar-refractivity contribution in [2.24, 2.45) is 0 Å². The topological polar surface area (TPSA) is 45.2 Å². The van der Waals surface area contributed by atoms with E-state index in [1.54, 1.807) is 30.3 Å². The van der Waals surface area contributed by atoms with Gasteiger partial charge >= 0.3 is 0 Å². The molecule has 1 aromatic carbocycles. The number of hydrogen-bond acceptors (Lipinski definition) is 4. The van der Waals surface area contributed by atoms with E-state index >= 15 is 0 Å². The average Bonchev–Trinajstić information content (AvgIpc) is 2.79. The van der Waals surface area contributed by atoms with Gasteiger partial charge in [-0.05, 0) is 19.1 Å². The van der Waals surface area contributed by atoms with Gasteiger partial charge in [0, 0.05) is 14.1 Å². The third-order valence-corrected chi connectivity index (χ3v) is 3.96. The number of nitrogens with one attached hydrogen (secondary N) is 1. The van der Waals surface area contributed by atoms with Crippen molar-refractivity contribution >= 4 is 27.5 Å². The summed E-state index contributed by atoms with van der Waals surface area (Å²) in [6.07, 6.45) is 0. The van der Waals surface area contributed by atoms with E-state index in [2.05, 4.69) is 16.4 Å². The highest BCUT2D eigenvalue weighted by molar-refractivity contribution is 7.18. The first-order chi connectivity index (χ1) is 8.58. The van der Waals surface area contributed by atoms with Crippen LogP contribution in [0.2, 0.25) is 0 Å². The maximum atomic E-state index is 11.5. The van der Waals surface area contributed by atoms with Crippen LogP contribution in [0.15, 0.2) is 24.3 Å². The first-order valence-corrected chi connectivity index (χ1v) is 6.68. The van der Waals surface area contributed by atoms with Crippen molar-refractivity contribution in [3.8, 4) is 0 Å². The molecular weight excluding hydrogens is 246 g/mol. The second-order valence-electron chi connectivity index (χ2n) is 4.41. The number of likely N-dealkylation sites (N-methyl/N-ethyl adjacent to an activating group) is 1. The SMILES string of the molecule is CC(NCC(=O)N(C)C)c1nc2ccccc2s1. The number of para-hydroxylation sites is 1. The number of thiazole rings is 1. The van der Waals surface area contributed by atoms with Gasteiger partial charge in [0.2, 0.25) is 5.91 Å². The Balaban J connectivity index is 2.04. The molecule has 0 saturated heterocycles. The third-order valence-electron chi connectivity index (χ3n) is 2.74.